The maximum atomic E-state index is 6.15. The van der Waals surface area contributed by atoms with Crippen molar-refractivity contribution < 1.29 is 18.3 Å². The summed E-state index contributed by atoms with van der Waals surface area (Å²) in [6, 6.07) is 9.54. The summed E-state index contributed by atoms with van der Waals surface area (Å²) >= 11 is -4.13. The third-order valence-electron chi connectivity index (χ3n) is 15.4. The van der Waals surface area contributed by atoms with Crippen molar-refractivity contribution in [2.75, 3.05) is 0 Å². The van der Waals surface area contributed by atoms with E-state index in [1.54, 1.807) is 27.8 Å². The van der Waals surface area contributed by atoms with Crippen molar-refractivity contribution in [2.45, 2.75) is 134 Å². The van der Waals surface area contributed by atoms with Crippen LogP contribution in [0.15, 0.2) is 74.6 Å². The number of benzene rings is 1. The predicted molar refractivity (Wildman–Crippen MR) is 203 cm³/mol. The number of halogens is 2. The van der Waals surface area contributed by atoms with Gasteiger partial charge in [0.15, 0.2) is 0 Å². The van der Waals surface area contributed by atoms with Crippen LogP contribution in [0.5, 0.6) is 0 Å². The summed E-state index contributed by atoms with van der Waals surface area (Å²) in [5.41, 5.74) is 10.4. The maximum absolute atomic E-state index is 6.15. The Balaban J connectivity index is 0.00000186. The Labute approximate surface area is 294 Å². The average molecular weight is 739 g/mol. The molecule has 0 aliphatic heterocycles. The van der Waals surface area contributed by atoms with E-state index in [2.05, 4.69) is 68.5 Å². The molecule has 1 aromatic rings. The third-order valence-corrected chi connectivity index (χ3v) is 38.6. The fraction of sp³-hybridized carbons (Fsp3) is 0.605. The molecule has 0 saturated heterocycles. The predicted octanol–water partition coefficient (Wildman–Crippen LogP) is 13.4. The molecule has 0 amide bonds. The monoisotopic (exact) mass is 736 g/mol. The second kappa shape index (κ2) is 13.9. The molecule has 0 N–H and O–H groups in total. The average Bonchev–Trinajstić information content (AvgIpc) is 3.78. The van der Waals surface area contributed by atoms with Gasteiger partial charge < -0.3 is 0 Å². The zero-order valence-corrected chi connectivity index (χ0v) is 32.9. The fourth-order valence-electron chi connectivity index (χ4n) is 13.2. The van der Waals surface area contributed by atoms with Crippen LogP contribution in [0.3, 0.4) is 0 Å². The van der Waals surface area contributed by atoms with E-state index in [0.717, 1.165) is 34.5 Å². The van der Waals surface area contributed by atoms with Gasteiger partial charge in [0.25, 0.3) is 0 Å². The number of fused-ring (bicyclic) bond motifs is 6. The normalized spacial score (nSPS) is 29.5. The van der Waals surface area contributed by atoms with E-state index in [0.29, 0.717) is 0 Å². The Hall–Kier alpha value is -0.747. The molecule has 3 heteroatoms. The van der Waals surface area contributed by atoms with Crippen molar-refractivity contribution in [1.82, 2.24) is 0 Å². The van der Waals surface area contributed by atoms with Crippen molar-refractivity contribution in [3.8, 4) is 0 Å². The SMILES string of the molecule is Cl.Cl.[CH2]=[Zr]([C]1=CC=CC1)([CH]1CCCC2C1=C1Cc3ccccc3C1=C1C=CCCC12)([CH](C)C1CCCCC1)[CH](C)C1CCCCC1. The first-order valence-electron chi connectivity index (χ1n) is 19.1. The second-order valence-electron chi connectivity index (χ2n) is 16.7. The van der Waals surface area contributed by atoms with Gasteiger partial charge in [-0.05, 0) is 0 Å². The third kappa shape index (κ3) is 5.17. The summed E-state index contributed by atoms with van der Waals surface area (Å²) in [5, 5.41) is 0. The van der Waals surface area contributed by atoms with Gasteiger partial charge in [0.2, 0.25) is 0 Å². The Bertz CT molecular complexity index is 1490. The van der Waals surface area contributed by atoms with Crippen molar-refractivity contribution in [1.29, 1.82) is 0 Å². The number of rotatable bonds is 6. The molecule has 5 unspecified atom stereocenters. The molecule has 8 rings (SSSR count). The van der Waals surface area contributed by atoms with Crippen LogP contribution in [0.1, 0.15) is 128 Å². The Morgan fingerprint density at radius 1 is 0.739 bits per heavy atom. The minimum atomic E-state index is -4.13. The van der Waals surface area contributed by atoms with Crippen LogP contribution in [-0.4, -0.2) is 4.21 Å². The van der Waals surface area contributed by atoms with E-state index in [4.69, 9.17) is 4.21 Å². The van der Waals surface area contributed by atoms with Gasteiger partial charge in [0, 0.05) is 0 Å². The van der Waals surface area contributed by atoms with E-state index < -0.39 is 18.3 Å². The van der Waals surface area contributed by atoms with Gasteiger partial charge in [0.1, 0.15) is 0 Å². The van der Waals surface area contributed by atoms with Crippen LogP contribution in [0.25, 0.3) is 5.57 Å². The summed E-state index contributed by atoms with van der Waals surface area (Å²) in [4.78, 5) is 0. The topological polar surface area (TPSA) is 0 Å². The summed E-state index contributed by atoms with van der Waals surface area (Å²) < 4.78 is 10.4. The Morgan fingerprint density at radius 3 is 2.07 bits per heavy atom. The molecule has 0 radical (unpaired) electrons. The van der Waals surface area contributed by atoms with E-state index >= 15 is 0 Å². The first-order valence-corrected chi connectivity index (χ1v) is 26.4. The van der Waals surface area contributed by atoms with Crippen LogP contribution < -0.4 is 0 Å². The number of hydrogen-bond donors (Lipinski definition) is 0. The number of allylic oxidation sites excluding steroid dienone is 10. The molecule has 7 aliphatic carbocycles. The molecule has 3 fully saturated rings. The molecule has 0 heterocycles. The van der Waals surface area contributed by atoms with Crippen LogP contribution in [0.4, 0.5) is 0 Å². The van der Waals surface area contributed by atoms with Crippen LogP contribution in [0.2, 0.25) is 10.9 Å². The minimum absolute atomic E-state index is 0. The second-order valence-corrected chi connectivity index (χ2v) is 32.9. The van der Waals surface area contributed by atoms with E-state index in [1.165, 1.54) is 109 Å². The van der Waals surface area contributed by atoms with Gasteiger partial charge in [-0.15, -0.1) is 24.8 Å². The van der Waals surface area contributed by atoms with E-state index in [9.17, 15) is 0 Å². The molecule has 0 spiro atoms. The van der Waals surface area contributed by atoms with Gasteiger partial charge in [-0.1, -0.05) is 0 Å². The van der Waals surface area contributed by atoms with Crippen molar-refractivity contribution in [3.63, 3.8) is 0 Å². The van der Waals surface area contributed by atoms with Crippen LogP contribution >= 0.6 is 24.8 Å². The zero-order valence-electron chi connectivity index (χ0n) is 28.8. The Morgan fingerprint density at radius 2 is 1.41 bits per heavy atom. The summed E-state index contributed by atoms with van der Waals surface area (Å²) in [7, 11) is 0. The first-order chi connectivity index (χ1) is 21.5. The molecule has 250 valence electrons. The van der Waals surface area contributed by atoms with Crippen molar-refractivity contribution in [2.24, 2.45) is 23.7 Å². The summed E-state index contributed by atoms with van der Waals surface area (Å²) in [6.07, 6.45) is 36.7. The van der Waals surface area contributed by atoms with Crippen molar-refractivity contribution in [3.05, 3.63) is 85.8 Å². The molecule has 1 aromatic carbocycles. The molecule has 0 aromatic heterocycles. The molecule has 5 atom stereocenters. The van der Waals surface area contributed by atoms with Crippen LogP contribution in [-0.2, 0) is 24.7 Å². The van der Waals surface area contributed by atoms with Gasteiger partial charge in [-0.2, -0.15) is 0 Å². The zero-order chi connectivity index (χ0) is 29.9. The van der Waals surface area contributed by atoms with Gasteiger partial charge in [-0.3, -0.25) is 0 Å². The standard InChI is InChI=1S/C21H21.2C8H15.C5H5.CH2.2ClH.Zr/c1-2-8-15-14(7-1)13-20-18-11-4-3-9-16(18)17-10-5-6-12-19(17)21(15)20;2*1-2-8-6-4-3-5-7-8;1-2-4-5-3-1;;;;/h1-2,6-8,11-12,16-17H,3-5,9-10,13H2;2*2,8H,3-7H2,1H3;1-3H,4H2;1H2;2*1H;. The molecule has 46 heavy (non-hydrogen) atoms. The van der Waals surface area contributed by atoms with Crippen LogP contribution in [0, 0.1) is 23.7 Å². The molecular formula is C43H60Cl2Zr. The molecular weight excluding hydrogens is 679 g/mol. The summed E-state index contributed by atoms with van der Waals surface area (Å²) in [5.74, 6) is 3.25. The van der Waals surface area contributed by atoms with Gasteiger partial charge in [0.05, 0.1) is 0 Å². The van der Waals surface area contributed by atoms with Gasteiger partial charge in [-0.25, -0.2) is 0 Å². The van der Waals surface area contributed by atoms with E-state index in [-0.39, 0.29) is 24.8 Å². The van der Waals surface area contributed by atoms with Crippen molar-refractivity contribution >= 4 is 34.6 Å². The quantitative estimate of drug-likeness (QED) is 0.273. The molecule has 3 saturated carbocycles. The summed E-state index contributed by atoms with van der Waals surface area (Å²) in [6.45, 7) is 5.67. The number of hydrogen-bond acceptors (Lipinski definition) is 0. The first kappa shape index (κ1) is 35.1. The molecule has 0 bridgehead atoms. The van der Waals surface area contributed by atoms with E-state index in [1.807, 2.05) is 8.85 Å². The molecule has 0 nitrogen and oxygen atoms in total. The Kier molecular flexibility index (Phi) is 10.6. The fourth-order valence-corrected chi connectivity index (χ4v) is 37.1. The van der Waals surface area contributed by atoms with Gasteiger partial charge >= 0.3 is 271 Å². The molecule has 7 aliphatic rings.